The lowest BCUT2D eigenvalue weighted by Crippen LogP contribution is -2.35. The Labute approximate surface area is 173 Å². The van der Waals surface area contributed by atoms with Crippen molar-refractivity contribution in [3.05, 3.63) is 108 Å². The smallest absolute Gasteiger partial charge is 0.158 e. The van der Waals surface area contributed by atoms with Crippen molar-refractivity contribution in [3.8, 4) is 0 Å². The molecule has 0 N–H and O–H groups in total. The standard InChI is InChI=1S/C21H17Br3O/c22-20(23,24)16-25-21(17-10-4-1-5-11-17,18-12-6-2-7-13-18)19-14-8-3-9-15-19/h1-15H,16H2. The predicted molar refractivity (Wildman–Crippen MR) is 115 cm³/mol. The lowest BCUT2D eigenvalue weighted by Gasteiger charge is -2.37. The highest BCUT2D eigenvalue weighted by Crippen LogP contribution is 2.43. The van der Waals surface area contributed by atoms with Gasteiger partial charge in [-0.2, -0.15) is 0 Å². The van der Waals surface area contributed by atoms with Crippen LogP contribution in [0.3, 0.4) is 0 Å². The molecule has 0 saturated carbocycles. The van der Waals surface area contributed by atoms with Crippen LogP contribution in [-0.4, -0.2) is 8.75 Å². The van der Waals surface area contributed by atoms with Crippen LogP contribution in [0.25, 0.3) is 0 Å². The minimum Gasteiger partial charge on any atom is -0.358 e. The first-order chi connectivity index (χ1) is 12.0. The van der Waals surface area contributed by atoms with E-state index in [4.69, 9.17) is 4.74 Å². The summed E-state index contributed by atoms with van der Waals surface area (Å²) in [7, 11) is 0. The first kappa shape index (κ1) is 18.8. The Morgan fingerprint density at radius 3 is 1.16 bits per heavy atom. The fourth-order valence-corrected chi connectivity index (χ4v) is 3.30. The van der Waals surface area contributed by atoms with Crippen molar-refractivity contribution >= 4 is 47.8 Å². The Balaban J connectivity index is 2.24. The number of halogens is 3. The lowest BCUT2D eigenvalue weighted by molar-refractivity contribution is 0.0196. The number of alkyl halides is 3. The lowest BCUT2D eigenvalue weighted by atomic mass is 9.80. The van der Waals surface area contributed by atoms with Gasteiger partial charge < -0.3 is 4.74 Å². The van der Waals surface area contributed by atoms with Gasteiger partial charge in [0, 0.05) is 0 Å². The van der Waals surface area contributed by atoms with Crippen molar-refractivity contribution in [1.29, 1.82) is 0 Å². The molecule has 0 spiro atoms. The molecule has 25 heavy (non-hydrogen) atoms. The quantitative estimate of drug-likeness (QED) is 0.262. The van der Waals surface area contributed by atoms with Gasteiger partial charge in [-0.3, -0.25) is 0 Å². The summed E-state index contributed by atoms with van der Waals surface area (Å²) in [6.07, 6.45) is 0. The van der Waals surface area contributed by atoms with Gasteiger partial charge in [0.25, 0.3) is 0 Å². The topological polar surface area (TPSA) is 9.23 Å². The van der Waals surface area contributed by atoms with Crippen LogP contribution >= 0.6 is 47.8 Å². The van der Waals surface area contributed by atoms with Gasteiger partial charge in [-0.15, -0.1) is 0 Å². The predicted octanol–water partition coefficient (Wildman–Crippen LogP) is 6.83. The number of hydrogen-bond acceptors (Lipinski definition) is 1. The third kappa shape index (κ3) is 4.43. The Morgan fingerprint density at radius 2 is 0.880 bits per heavy atom. The Bertz CT molecular complexity index is 687. The van der Waals surface area contributed by atoms with Gasteiger partial charge in [0.15, 0.2) is 2.14 Å². The molecule has 0 aliphatic heterocycles. The highest BCUT2D eigenvalue weighted by Gasteiger charge is 2.39. The van der Waals surface area contributed by atoms with Gasteiger partial charge in [0.2, 0.25) is 0 Å². The van der Waals surface area contributed by atoms with E-state index in [2.05, 4.69) is 84.2 Å². The van der Waals surface area contributed by atoms with Crippen LogP contribution in [0.4, 0.5) is 0 Å². The minimum absolute atomic E-state index is 0.408. The van der Waals surface area contributed by atoms with Crippen molar-refractivity contribution in [2.75, 3.05) is 6.61 Å². The van der Waals surface area contributed by atoms with E-state index in [9.17, 15) is 0 Å². The molecule has 0 atom stereocenters. The molecule has 0 amide bonds. The van der Waals surface area contributed by atoms with Gasteiger partial charge in [-0.05, 0) is 16.7 Å². The summed E-state index contributed by atoms with van der Waals surface area (Å²) in [5.74, 6) is 0. The van der Waals surface area contributed by atoms with Gasteiger partial charge in [-0.1, -0.05) is 139 Å². The molecule has 1 nitrogen and oxygen atoms in total. The Hall–Kier alpha value is -0.940. The molecule has 0 aliphatic rings. The second-order valence-corrected chi connectivity index (χ2v) is 12.9. The van der Waals surface area contributed by atoms with Crippen molar-refractivity contribution in [1.82, 2.24) is 0 Å². The molecule has 3 aromatic rings. The molecule has 0 heterocycles. The van der Waals surface area contributed by atoms with Crippen LogP contribution in [0.5, 0.6) is 0 Å². The van der Waals surface area contributed by atoms with Crippen molar-refractivity contribution in [2.45, 2.75) is 7.74 Å². The molecule has 3 aromatic carbocycles. The van der Waals surface area contributed by atoms with E-state index < -0.39 is 7.74 Å². The van der Waals surface area contributed by atoms with E-state index in [0.29, 0.717) is 6.61 Å². The molecule has 0 bridgehead atoms. The monoisotopic (exact) mass is 522 g/mol. The molecule has 0 radical (unpaired) electrons. The summed E-state index contributed by atoms with van der Waals surface area (Å²) >= 11 is 10.7. The zero-order valence-corrected chi connectivity index (χ0v) is 18.2. The van der Waals surface area contributed by atoms with Crippen LogP contribution in [0.1, 0.15) is 16.7 Å². The van der Waals surface area contributed by atoms with E-state index in [-0.39, 0.29) is 0 Å². The summed E-state index contributed by atoms with van der Waals surface area (Å²) in [5.41, 5.74) is 2.56. The van der Waals surface area contributed by atoms with Crippen molar-refractivity contribution < 1.29 is 4.74 Å². The van der Waals surface area contributed by atoms with E-state index in [1.807, 2.05) is 54.6 Å². The fraction of sp³-hybridized carbons (Fsp3) is 0.143. The first-order valence-corrected chi connectivity index (χ1v) is 10.3. The summed E-state index contributed by atoms with van der Waals surface area (Å²) < 4.78 is 6.12. The largest absolute Gasteiger partial charge is 0.358 e. The summed E-state index contributed by atoms with van der Waals surface area (Å²) in [6, 6.07) is 31.0. The van der Waals surface area contributed by atoms with Crippen molar-refractivity contribution in [2.24, 2.45) is 0 Å². The van der Waals surface area contributed by atoms with Gasteiger partial charge in [-0.25, -0.2) is 0 Å². The molecule has 0 aromatic heterocycles. The van der Waals surface area contributed by atoms with E-state index in [1.165, 1.54) is 0 Å². The average Bonchev–Trinajstić information content (AvgIpc) is 2.64. The van der Waals surface area contributed by atoms with Crippen LogP contribution < -0.4 is 0 Å². The molecular formula is C21H17Br3O. The minimum atomic E-state index is -0.704. The molecule has 0 saturated heterocycles. The molecule has 4 heteroatoms. The Morgan fingerprint density at radius 1 is 0.560 bits per heavy atom. The highest BCUT2D eigenvalue weighted by atomic mass is 80.0. The second-order valence-electron chi connectivity index (χ2n) is 5.68. The second kappa shape index (κ2) is 8.17. The van der Waals surface area contributed by atoms with Crippen molar-refractivity contribution in [3.63, 3.8) is 0 Å². The van der Waals surface area contributed by atoms with Crippen LogP contribution in [0.15, 0.2) is 91.0 Å². The normalized spacial score (nSPS) is 12.1. The van der Waals surface area contributed by atoms with Gasteiger partial charge >= 0.3 is 0 Å². The first-order valence-electron chi connectivity index (χ1n) is 7.90. The van der Waals surface area contributed by atoms with E-state index in [1.54, 1.807) is 0 Å². The molecule has 3 rings (SSSR count). The fourth-order valence-electron chi connectivity index (χ4n) is 2.96. The summed E-state index contributed by atoms with van der Waals surface area (Å²) in [5, 5.41) is 0. The third-order valence-electron chi connectivity index (χ3n) is 3.99. The van der Waals surface area contributed by atoms with Crippen LogP contribution in [0.2, 0.25) is 0 Å². The van der Waals surface area contributed by atoms with Gasteiger partial charge in [0.05, 0.1) is 6.61 Å². The van der Waals surface area contributed by atoms with E-state index in [0.717, 1.165) is 16.7 Å². The van der Waals surface area contributed by atoms with E-state index >= 15 is 0 Å². The molecule has 128 valence electrons. The SMILES string of the molecule is BrC(Br)(Br)COC(c1ccccc1)(c1ccccc1)c1ccccc1. The number of benzene rings is 3. The average molecular weight is 525 g/mol. The number of hydrogen-bond donors (Lipinski definition) is 0. The zero-order chi connectivity index (χ0) is 17.8. The maximum Gasteiger partial charge on any atom is 0.158 e. The van der Waals surface area contributed by atoms with Crippen LogP contribution in [0, 0.1) is 0 Å². The molecule has 0 aliphatic carbocycles. The zero-order valence-electron chi connectivity index (χ0n) is 13.4. The highest BCUT2D eigenvalue weighted by molar-refractivity contribution is 9.39. The third-order valence-corrected chi connectivity index (χ3v) is 4.68. The van der Waals surface area contributed by atoms with Gasteiger partial charge in [0.1, 0.15) is 5.60 Å². The van der Waals surface area contributed by atoms with Crippen LogP contribution in [-0.2, 0) is 10.3 Å². The molecular weight excluding hydrogens is 508 g/mol. The maximum absolute atomic E-state index is 6.61. The maximum atomic E-state index is 6.61. The number of rotatable bonds is 5. The summed E-state index contributed by atoms with van der Waals surface area (Å²) in [4.78, 5) is 0. The number of ether oxygens (including phenoxy) is 1. The summed E-state index contributed by atoms with van der Waals surface area (Å²) in [6.45, 7) is 0.408. The molecule has 0 unspecified atom stereocenters. The molecule has 0 fully saturated rings. The Kier molecular flexibility index (Phi) is 6.16.